The Morgan fingerprint density at radius 2 is 1.52 bits per heavy atom. The van der Waals surface area contributed by atoms with Gasteiger partial charge < -0.3 is 25.0 Å². The fourth-order valence-electron chi connectivity index (χ4n) is 7.16. The Balaban J connectivity index is 1.19. The first-order valence-electron chi connectivity index (χ1n) is 17.8. The molecule has 10 nitrogen and oxygen atoms in total. The molecule has 2 aromatic heterocycles. The summed E-state index contributed by atoms with van der Waals surface area (Å²) in [5, 5.41) is 7.65. The zero-order valence-corrected chi connectivity index (χ0v) is 31.7. The van der Waals surface area contributed by atoms with E-state index in [0.717, 1.165) is 97.5 Å². The zero-order valence-electron chi connectivity index (χ0n) is 30.2. The first-order chi connectivity index (χ1) is 25.1. The van der Waals surface area contributed by atoms with E-state index in [2.05, 4.69) is 26.6 Å². The molecule has 2 N–H and O–H groups in total. The number of amides is 2. The predicted molar refractivity (Wildman–Crippen MR) is 206 cm³/mol. The van der Waals surface area contributed by atoms with Crippen LogP contribution in [0.4, 0.5) is 0 Å². The maximum absolute atomic E-state index is 11.7. The molecule has 274 valence electrons. The van der Waals surface area contributed by atoms with Gasteiger partial charge in [0.25, 0.3) is 0 Å². The number of methoxy groups -OCH3 is 2. The third-order valence-corrected chi connectivity index (χ3v) is 10.8. The van der Waals surface area contributed by atoms with E-state index in [0.29, 0.717) is 39.9 Å². The fourth-order valence-corrected chi connectivity index (χ4v) is 7.81. The topological polar surface area (TPSA) is 109 Å². The number of piperidine rings is 2. The molecular formula is C40H46Cl2N6O4. The van der Waals surface area contributed by atoms with Crippen molar-refractivity contribution in [1.82, 2.24) is 30.4 Å². The summed E-state index contributed by atoms with van der Waals surface area (Å²) in [6, 6.07) is 18.3. The van der Waals surface area contributed by atoms with Crippen molar-refractivity contribution < 1.29 is 19.1 Å². The highest BCUT2D eigenvalue weighted by Gasteiger charge is 2.23. The molecule has 0 bridgehead atoms. The van der Waals surface area contributed by atoms with Gasteiger partial charge in [-0.25, -0.2) is 4.98 Å². The van der Waals surface area contributed by atoms with Crippen LogP contribution in [0.1, 0.15) is 50.7 Å². The minimum atomic E-state index is 0.0225. The summed E-state index contributed by atoms with van der Waals surface area (Å²) in [7, 11) is 3.30. The number of hydrogen-bond acceptors (Lipinski definition) is 8. The van der Waals surface area contributed by atoms with Crippen LogP contribution >= 0.6 is 23.2 Å². The van der Waals surface area contributed by atoms with E-state index in [9.17, 15) is 9.59 Å². The molecule has 0 aliphatic carbocycles. The molecular weight excluding hydrogens is 699 g/mol. The predicted octanol–water partition coefficient (Wildman–Crippen LogP) is 7.00. The van der Waals surface area contributed by atoms with Crippen molar-refractivity contribution in [2.45, 2.75) is 64.7 Å². The summed E-state index contributed by atoms with van der Waals surface area (Å²) in [6.07, 6.45) is 5.41. The Bertz CT molecular complexity index is 1910. The number of carbonyl (C=O) groups is 2. The summed E-state index contributed by atoms with van der Waals surface area (Å²) in [6.45, 7) is 7.88. The van der Waals surface area contributed by atoms with Gasteiger partial charge in [0.05, 0.1) is 35.7 Å². The van der Waals surface area contributed by atoms with Gasteiger partial charge in [-0.1, -0.05) is 59.6 Å². The normalized spacial score (nSPS) is 15.8. The van der Waals surface area contributed by atoms with Crippen LogP contribution in [-0.4, -0.2) is 84.1 Å². The smallest absolute Gasteiger partial charge is 0.219 e. The Morgan fingerprint density at radius 1 is 0.827 bits per heavy atom. The molecule has 12 heteroatoms. The number of halogens is 2. The van der Waals surface area contributed by atoms with E-state index in [4.69, 9.17) is 37.7 Å². The molecule has 0 spiro atoms. The molecule has 0 unspecified atom stereocenters. The number of rotatable bonds is 11. The molecule has 2 fully saturated rings. The number of carbonyl (C=O) groups excluding carboxylic acids is 2. The number of benzene rings is 2. The highest BCUT2D eigenvalue weighted by molar-refractivity contribution is 6.39. The molecule has 6 rings (SSSR count). The maximum Gasteiger partial charge on any atom is 0.219 e. The molecule has 0 atom stereocenters. The third-order valence-electron chi connectivity index (χ3n) is 10.1. The highest BCUT2D eigenvalue weighted by atomic mass is 35.5. The van der Waals surface area contributed by atoms with Gasteiger partial charge in [-0.15, -0.1) is 0 Å². The summed E-state index contributed by atoms with van der Waals surface area (Å²) in [4.78, 5) is 36.9. The molecule has 4 heterocycles. The number of ether oxygens (including phenoxy) is 2. The molecule has 0 saturated carbocycles. The lowest BCUT2D eigenvalue weighted by atomic mass is 9.98. The lowest BCUT2D eigenvalue weighted by molar-refractivity contribution is -0.130. The molecule has 52 heavy (non-hydrogen) atoms. The van der Waals surface area contributed by atoms with Crippen molar-refractivity contribution in [3.63, 3.8) is 0 Å². The maximum atomic E-state index is 11.7. The van der Waals surface area contributed by atoms with E-state index in [1.165, 1.54) is 0 Å². The summed E-state index contributed by atoms with van der Waals surface area (Å²) in [5.74, 6) is 1.45. The van der Waals surface area contributed by atoms with Gasteiger partial charge in [0.2, 0.25) is 17.7 Å². The van der Waals surface area contributed by atoms with Crippen LogP contribution in [0.25, 0.3) is 33.6 Å². The second-order valence-corrected chi connectivity index (χ2v) is 14.2. The Hall–Kier alpha value is -4.22. The summed E-state index contributed by atoms with van der Waals surface area (Å²) in [5.41, 5.74) is 6.46. The van der Waals surface area contributed by atoms with Crippen molar-refractivity contribution in [2.75, 3.05) is 40.4 Å². The SMILES string of the molecule is COc1cc(-c2nccc(-c3cccc(-c4ccc(CNC5CCN(C(C)=O)CC5)c(OC)n4)c3Cl)c2Cl)ccc1CN1CCC(NC(C)=O)CC1. The second kappa shape index (κ2) is 17.1. The molecule has 2 aromatic carbocycles. The average molecular weight is 746 g/mol. The Morgan fingerprint density at radius 3 is 2.21 bits per heavy atom. The van der Waals surface area contributed by atoms with Crippen LogP contribution in [0.3, 0.4) is 0 Å². The lowest BCUT2D eigenvalue weighted by Crippen LogP contribution is -2.44. The number of nitrogens with one attached hydrogen (secondary N) is 2. The van der Waals surface area contributed by atoms with E-state index in [1.54, 1.807) is 34.3 Å². The fraction of sp³-hybridized carbons (Fsp3) is 0.400. The third kappa shape index (κ3) is 8.69. The number of likely N-dealkylation sites (tertiary alicyclic amines) is 2. The van der Waals surface area contributed by atoms with Crippen molar-refractivity contribution in [3.05, 3.63) is 82.0 Å². The van der Waals surface area contributed by atoms with Gasteiger partial charge in [-0.3, -0.25) is 19.5 Å². The van der Waals surface area contributed by atoms with Crippen LogP contribution in [0.15, 0.2) is 60.8 Å². The molecule has 0 radical (unpaired) electrons. The zero-order chi connectivity index (χ0) is 36.8. The lowest BCUT2D eigenvalue weighted by Gasteiger charge is -2.32. The van der Waals surface area contributed by atoms with Crippen LogP contribution in [0.2, 0.25) is 10.0 Å². The minimum absolute atomic E-state index is 0.0225. The van der Waals surface area contributed by atoms with Gasteiger partial charge in [0.1, 0.15) is 5.75 Å². The molecule has 2 amide bonds. The molecule has 2 saturated heterocycles. The number of nitrogens with zero attached hydrogens (tertiary/aromatic N) is 4. The molecule has 2 aliphatic rings. The molecule has 4 aromatic rings. The number of aromatic nitrogens is 2. The van der Waals surface area contributed by atoms with Gasteiger partial charge in [-0.2, -0.15) is 0 Å². The quantitative estimate of drug-likeness (QED) is 0.169. The van der Waals surface area contributed by atoms with E-state index in [-0.39, 0.29) is 17.9 Å². The van der Waals surface area contributed by atoms with Crippen LogP contribution in [0.5, 0.6) is 11.6 Å². The van der Waals surface area contributed by atoms with Gasteiger partial charge in [-0.05, 0) is 43.9 Å². The first kappa shape index (κ1) is 37.5. The first-order valence-corrected chi connectivity index (χ1v) is 18.5. The molecule has 2 aliphatic heterocycles. The Kier molecular flexibility index (Phi) is 12.3. The number of pyridine rings is 2. The monoisotopic (exact) mass is 744 g/mol. The van der Waals surface area contributed by atoms with Crippen LogP contribution < -0.4 is 20.1 Å². The van der Waals surface area contributed by atoms with Crippen LogP contribution in [0, 0.1) is 0 Å². The standard InChI is InChI=1S/C40H46Cl2N6O4/c1-25(49)45-31-13-18-47(19-14-31)24-29-9-8-27(22-36(29)51-3)39-38(42)33(12-17-43-39)32-6-5-7-34(37(32)41)35-11-10-28(40(46-35)52-4)23-44-30-15-20-48(21-16-30)26(2)50/h5-12,17,22,30-31,44H,13-16,18-21,23-24H2,1-4H3,(H,45,49). The summed E-state index contributed by atoms with van der Waals surface area (Å²) < 4.78 is 11.6. The van der Waals surface area contributed by atoms with E-state index < -0.39 is 0 Å². The van der Waals surface area contributed by atoms with Gasteiger partial charge >= 0.3 is 0 Å². The highest BCUT2D eigenvalue weighted by Crippen LogP contribution is 2.42. The minimum Gasteiger partial charge on any atom is -0.496 e. The number of hydrogen-bond donors (Lipinski definition) is 2. The van der Waals surface area contributed by atoms with Crippen molar-refractivity contribution in [1.29, 1.82) is 0 Å². The summed E-state index contributed by atoms with van der Waals surface area (Å²) >= 11 is 14.2. The van der Waals surface area contributed by atoms with Crippen molar-refractivity contribution in [2.24, 2.45) is 0 Å². The van der Waals surface area contributed by atoms with Crippen molar-refractivity contribution in [3.8, 4) is 45.3 Å². The second-order valence-electron chi connectivity index (χ2n) is 13.5. The average Bonchev–Trinajstić information content (AvgIpc) is 3.15. The van der Waals surface area contributed by atoms with E-state index >= 15 is 0 Å². The van der Waals surface area contributed by atoms with Crippen molar-refractivity contribution >= 4 is 35.0 Å². The van der Waals surface area contributed by atoms with Crippen LogP contribution in [-0.2, 0) is 22.7 Å². The van der Waals surface area contributed by atoms with E-state index in [1.807, 2.05) is 53.4 Å². The largest absolute Gasteiger partial charge is 0.496 e. The Labute approximate surface area is 315 Å². The van der Waals surface area contributed by atoms with Gasteiger partial charge in [0.15, 0.2) is 0 Å². The van der Waals surface area contributed by atoms with Gasteiger partial charge in [0, 0.05) is 105 Å².